The summed E-state index contributed by atoms with van der Waals surface area (Å²) in [5.41, 5.74) is 10.1. The first-order chi connectivity index (χ1) is 10.9. The largest absolute Gasteiger partial charge is 0.573 e. The maximum absolute atomic E-state index is 12.5. The van der Waals surface area contributed by atoms with Gasteiger partial charge < -0.3 is 20.9 Å². The fourth-order valence-corrected chi connectivity index (χ4v) is 1.94. The molecule has 0 aliphatic carbocycles. The van der Waals surface area contributed by atoms with Crippen molar-refractivity contribution in [2.24, 2.45) is 0 Å². The summed E-state index contributed by atoms with van der Waals surface area (Å²) in [5, 5.41) is 0. The second-order valence-corrected chi connectivity index (χ2v) is 4.61. The fourth-order valence-electron chi connectivity index (χ4n) is 1.94. The highest BCUT2D eigenvalue weighted by Gasteiger charge is 2.35. The Hall–Kier alpha value is -2.78. The van der Waals surface area contributed by atoms with Crippen molar-refractivity contribution in [3.63, 3.8) is 0 Å². The van der Waals surface area contributed by atoms with E-state index in [9.17, 15) is 26.3 Å². The Morgan fingerprint density at radius 2 is 0.958 bits per heavy atom. The predicted molar refractivity (Wildman–Crippen MR) is 74.1 cm³/mol. The molecule has 2 aromatic carbocycles. The maximum atomic E-state index is 12.5. The molecule has 10 heteroatoms. The minimum absolute atomic E-state index is 0.0632. The molecule has 0 saturated carbocycles. The quantitative estimate of drug-likeness (QED) is 0.638. The lowest BCUT2D eigenvalue weighted by atomic mass is 10.0. The summed E-state index contributed by atoms with van der Waals surface area (Å²) in [6, 6.07) is 6.29. The van der Waals surface area contributed by atoms with Gasteiger partial charge in [-0.15, -0.1) is 26.3 Å². The van der Waals surface area contributed by atoms with Crippen molar-refractivity contribution < 1.29 is 35.8 Å². The molecule has 24 heavy (non-hydrogen) atoms. The molecule has 0 bridgehead atoms. The second kappa shape index (κ2) is 6.02. The van der Waals surface area contributed by atoms with Gasteiger partial charge >= 0.3 is 12.7 Å². The van der Waals surface area contributed by atoms with E-state index in [1.165, 1.54) is 12.1 Å². The molecule has 0 aromatic heterocycles. The van der Waals surface area contributed by atoms with Crippen LogP contribution in [0.1, 0.15) is 0 Å². The van der Waals surface area contributed by atoms with Gasteiger partial charge in [0.05, 0.1) is 0 Å². The van der Waals surface area contributed by atoms with Gasteiger partial charge in [-0.25, -0.2) is 0 Å². The van der Waals surface area contributed by atoms with Crippen LogP contribution in [0, 0.1) is 0 Å². The number of halogens is 6. The maximum Gasteiger partial charge on any atom is 0.573 e. The standard InChI is InChI=1S/C14H10F6N2O2/c15-13(16,17)23-11-5-7(21)1-3-9(11)10-4-2-8(22)6-12(10)24-14(18,19)20/h1-6H,21-22H2. The molecule has 2 aromatic rings. The molecule has 0 radical (unpaired) electrons. The molecule has 0 heterocycles. The van der Waals surface area contributed by atoms with Gasteiger partial charge in [-0.2, -0.15) is 0 Å². The number of benzene rings is 2. The SMILES string of the molecule is Nc1ccc(-c2ccc(N)cc2OC(F)(F)F)c(OC(F)(F)F)c1. The van der Waals surface area contributed by atoms with Crippen molar-refractivity contribution in [1.82, 2.24) is 0 Å². The fraction of sp³-hybridized carbons (Fsp3) is 0.143. The van der Waals surface area contributed by atoms with Crippen LogP contribution in [0.4, 0.5) is 37.7 Å². The van der Waals surface area contributed by atoms with Crippen LogP contribution in [-0.4, -0.2) is 12.7 Å². The van der Waals surface area contributed by atoms with E-state index in [0.717, 1.165) is 24.3 Å². The molecule has 0 aliphatic heterocycles. The number of alkyl halides is 6. The van der Waals surface area contributed by atoms with Gasteiger partial charge in [0.1, 0.15) is 11.5 Å². The zero-order valence-corrected chi connectivity index (χ0v) is 11.7. The van der Waals surface area contributed by atoms with Crippen LogP contribution in [0.3, 0.4) is 0 Å². The highest BCUT2D eigenvalue weighted by molar-refractivity contribution is 5.79. The first kappa shape index (κ1) is 17.6. The molecule has 0 spiro atoms. The van der Waals surface area contributed by atoms with E-state index in [2.05, 4.69) is 9.47 Å². The Morgan fingerprint density at radius 1 is 0.625 bits per heavy atom. The van der Waals surface area contributed by atoms with Crippen molar-refractivity contribution in [1.29, 1.82) is 0 Å². The van der Waals surface area contributed by atoms with E-state index < -0.39 is 24.2 Å². The first-order valence-corrected chi connectivity index (χ1v) is 6.25. The van der Waals surface area contributed by atoms with Crippen LogP contribution >= 0.6 is 0 Å². The molecule has 0 aliphatic rings. The molecular weight excluding hydrogens is 342 g/mol. The number of hydrogen-bond acceptors (Lipinski definition) is 4. The number of ether oxygens (including phenoxy) is 2. The number of rotatable bonds is 3. The van der Waals surface area contributed by atoms with E-state index in [0.29, 0.717) is 0 Å². The average molecular weight is 352 g/mol. The smallest absolute Gasteiger partial charge is 0.405 e. The van der Waals surface area contributed by atoms with Crippen LogP contribution in [-0.2, 0) is 0 Å². The summed E-state index contributed by atoms with van der Waals surface area (Å²) < 4.78 is 82.7. The first-order valence-electron chi connectivity index (χ1n) is 6.25. The minimum atomic E-state index is -5.05. The van der Waals surface area contributed by atoms with E-state index in [-0.39, 0.29) is 22.5 Å². The Morgan fingerprint density at radius 3 is 1.25 bits per heavy atom. The molecule has 0 unspecified atom stereocenters. The molecule has 0 fully saturated rings. The Bertz CT molecular complexity index is 680. The zero-order chi connectivity index (χ0) is 18.1. The van der Waals surface area contributed by atoms with Gasteiger partial charge in [-0.05, 0) is 24.3 Å². The van der Waals surface area contributed by atoms with Crippen molar-refractivity contribution in [3.8, 4) is 22.6 Å². The van der Waals surface area contributed by atoms with Crippen LogP contribution < -0.4 is 20.9 Å². The lowest BCUT2D eigenvalue weighted by molar-refractivity contribution is -0.276. The van der Waals surface area contributed by atoms with E-state index in [1.807, 2.05) is 0 Å². The highest BCUT2D eigenvalue weighted by atomic mass is 19.4. The third kappa shape index (κ3) is 4.61. The van der Waals surface area contributed by atoms with Crippen molar-refractivity contribution in [3.05, 3.63) is 36.4 Å². The summed E-state index contributed by atoms with van der Waals surface area (Å²) >= 11 is 0. The molecule has 130 valence electrons. The van der Waals surface area contributed by atoms with Crippen LogP contribution in [0.15, 0.2) is 36.4 Å². The Labute approximate surface area is 131 Å². The Kier molecular flexibility index (Phi) is 4.41. The van der Waals surface area contributed by atoms with E-state index >= 15 is 0 Å². The molecule has 4 N–H and O–H groups in total. The van der Waals surface area contributed by atoms with Gasteiger partial charge in [-0.1, -0.05) is 0 Å². The zero-order valence-electron chi connectivity index (χ0n) is 11.7. The van der Waals surface area contributed by atoms with Gasteiger partial charge in [0, 0.05) is 34.6 Å². The second-order valence-electron chi connectivity index (χ2n) is 4.61. The number of anilines is 2. The number of hydrogen-bond donors (Lipinski definition) is 2. The molecule has 0 amide bonds. The molecular formula is C14H10F6N2O2. The lowest BCUT2D eigenvalue weighted by Gasteiger charge is -2.18. The van der Waals surface area contributed by atoms with Crippen molar-refractivity contribution >= 4 is 11.4 Å². The Balaban J connectivity index is 2.59. The summed E-state index contributed by atoms with van der Waals surface area (Å²) in [7, 11) is 0. The third-order valence-electron chi connectivity index (χ3n) is 2.75. The van der Waals surface area contributed by atoms with Crippen LogP contribution in [0.25, 0.3) is 11.1 Å². The van der Waals surface area contributed by atoms with Gasteiger partial charge in [0.25, 0.3) is 0 Å². The summed E-state index contributed by atoms with van der Waals surface area (Å²) in [6.07, 6.45) is -10.1. The van der Waals surface area contributed by atoms with Gasteiger partial charge in [0.2, 0.25) is 0 Å². The van der Waals surface area contributed by atoms with Crippen LogP contribution in [0.5, 0.6) is 11.5 Å². The van der Waals surface area contributed by atoms with E-state index in [1.54, 1.807) is 0 Å². The summed E-state index contributed by atoms with van der Waals surface area (Å²) in [6.45, 7) is 0. The monoisotopic (exact) mass is 352 g/mol. The average Bonchev–Trinajstić information content (AvgIpc) is 2.36. The highest BCUT2D eigenvalue weighted by Crippen LogP contribution is 2.41. The van der Waals surface area contributed by atoms with Crippen LogP contribution in [0.2, 0.25) is 0 Å². The molecule has 4 nitrogen and oxygen atoms in total. The van der Waals surface area contributed by atoms with Gasteiger partial charge in [0.15, 0.2) is 0 Å². The molecule has 0 saturated heterocycles. The minimum Gasteiger partial charge on any atom is -0.405 e. The normalized spacial score (nSPS) is 12.1. The molecule has 2 rings (SSSR count). The number of nitrogens with two attached hydrogens (primary N) is 2. The lowest BCUT2D eigenvalue weighted by Crippen LogP contribution is -2.19. The third-order valence-corrected chi connectivity index (χ3v) is 2.75. The van der Waals surface area contributed by atoms with E-state index in [4.69, 9.17) is 11.5 Å². The summed E-state index contributed by atoms with van der Waals surface area (Å²) in [4.78, 5) is 0. The predicted octanol–water partition coefficient (Wildman–Crippen LogP) is 4.32. The van der Waals surface area contributed by atoms with Crippen molar-refractivity contribution in [2.75, 3.05) is 11.5 Å². The van der Waals surface area contributed by atoms with Gasteiger partial charge in [-0.3, -0.25) is 0 Å². The van der Waals surface area contributed by atoms with Crippen molar-refractivity contribution in [2.45, 2.75) is 12.7 Å². The summed E-state index contributed by atoms with van der Waals surface area (Å²) in [5.74, 6) is -1.53. The molecule has 0 atom stereocenters. The topological polar surface area (TPSA) is 70.5 Å². The number of nitrogen functional groups attached to an aromatic ring is 2.